The van der Waals surface area contributed by atoms with Crippen molar-refractivity contribution < 1.29 is 23.1 Å². The SMILES string of the molecule is Cc1nn(C)c(C)c1-c1ccc(C(=O)O)c(C(F)(F)F)c1. The first-order valence-corrected chi connectivity index (χ1v) is 6.08. The molecule has 21 heavy (non-hydrogen) atoms. The van der Waals surface area contributed by atoms with Crippen LogP contribution in [0.3, 0.4) is 0 Å². The minimum Gasteiger partial charge on any atom is -0.478 e. The first kappa shape index (κ1) is 15.1. The average molecular weight is 298 g/mol. The highest BCUT2D eigenvalue weighted by Gasteiger charge is 2.35. The number of halogens is 3. The standard InChI is InChI=1S/C14H13F3N2O2/c1-7-12(8(2)19(3)18-7)9-4-5-10(13(20)21)11(6-9)14(15,16)17/h4-6H,1-3H3,(H,20,21). The topological polar surface area (TPSA) is 55.1 Å². The smallest absolute Gasteiger partial charge is 0.417 e. The summed E-state index contributed by atoms with van der Waals surface area (Å²) in [5, 5.41) is 13.0. The van der Waals surface area contributed by atoms with Crippen LogP contribution >= 0.6 is 0 Å². The molecule has 1 aromatic carbocycles. The van der Waals surface area contributed by atoms with Crippen LogP contribution in [0.25, 0.3) is 11.1 Å². The van der Waals surface area contributed by atoms with E-state index in [0.29, 0.717) is 22.5 Å². The van der Waals surface area contributed by atoms with Crippen LogP contribution in [0.2, 0.25) is 0 Å². The molecule has 0 radical (unpaired) electrons. The second-order valence-electron chi connectivity index (χ2n) is 4.73. The molecule has 0 bridgehead atoms. The summed E-state index contributed by atoms with van der Waals surface area (Å²) in [4.78, 5) is 10.9. The molecule has 7 heteroatoms. The molecule has 2 aromatic rings. The van der Waals surface area contributed by atoms with Crippen molar-refractivity contribution >= 4 is 5.97 Å². The van der Waals surface area contributed by atoms with Crippen molar-refractivity contribution in [3.05, 3.63) is 40.7 Å². The van der Waals surface area contributed by atoms with Gasteiger partial charge >= 0.3 is 12.1 Å². The Morgan fingerprint density at radius 1 is 1.29 bits per heavy atom. The molecule has 4 nitrogen and oxygen atoms in total. The van der Waals surface area contributed by atoms with Crippen molar-refractivity contribution in [2.75, 3.05) is 0 Å². The highest BCUT2D eigenvalue weighted by Crippen LogP contribution is 2.36. The van der Waals surface area contributed by atoms with Crippen LogP contribution in [-0.2, 0) is 13.2 Å². The monoisotopic (exact) mass is 298 g/mol. The van der Waals surface area contributed by atoms with Gasteiger partial charge in [0.05, 0.1) is 16.8 Å². The predicted molar refractivity (Wildman–Crippen MR) is 70.1 cm³/mol. The van der Waals surface area contributed by atoms with Crippen molar-refractivity contribution in [3.63, 3.8) is 0 Å². The van der Waals surface area contributed by atoms with Gasteiger partial charge in [0.15, 0.2) is 0 Å². The van der Waals surface area contributed by atoms with Gasteiger partial charge in [-0.15, -0.1) is 0 Å². The number of hydrogen-bond donors (Lipinski definition) is 1. The molecule has 0 aliphatic heterocycles. The number of rotatable bonds is 2. The van der Waals surface area contributed by atoms with Gasteiger partial charge in [-0.2, -0.15) is 18.3 Å². The Hall–Kier alpha value is -2.31. The predicted octanol–water partition coefficient (Wildman–Crippen LogP) is 3.42. The normalized spacial score (nSPS) is 11.7. The van der Waals surface area contributed by atoms with Crippen molar-refractivity contribution in [2.24, 2.45) is 7.05 Å². The number of aromatic carboxylic acids is 1. The molecule has 0 spiro atoms. The Bertz CT molecular complexity index is 718. The number of aryl methyl sites for hydroxylation is 2. The quantitative estimate of drug-likeness (QED) is 0.924. The summed E-state index contributed by atoms with van der Waals surface area (Å²) in [6, 6.07) is 3.21. The first-order valence-electron chi connectivity index (χ1n) is 6.08. The fourth-order valence-electron chi connectivity index (χ4n) is 2.31. The lowest BCUT2D eigenvalue weighted by Crippen LogP contribution is -2.13. The molecule has 1 heterocycles. The maximum absolute atomic E-state index is 13.0. The van der Waals surface area contributed by atoms with E-state index in [9.17, 15) is 18.0 Å². The minimum absolute atomic E-state index is 0.301. The zero-order valence-electron chi connectivity index (χ0n) is 11.6. The maximum Gasteiger partial charge on any atom is 0.417 e. The number of carbonyl (C=O) groups is 1. The Labute approximate surface area is 118 Å². The fourth-order valence-corrected chi connectivity index (χ4v) is 2.31. The van der Waals surface area contributed by atoms with Gasteiger partial charge in [-0.05, 0) is 31.5 Å². The third kappa shape index (κ3) is 2.63. The van der Waals surface area contributed by atoms with Crippen LogP contribution in [0.4, 0.5) is 13.2 Å². The van der Waals surface area contributed by atoms with Crippen molar-refractivity contribution in [1.82, 2.24) is 9.78 Å². The molecule has 1 N–H and O–H groups in total. The lowest BCUT2D eigenvalue weighted by Gasteiger charge is -2.12. The molecule has 0 saturated heterocycles. The molecule has 0 aliphatic rings. The number of nitrogens with zero attached hydrogens (tertiary/aromatic N) is 2. The summed E-state index contributed by atoms with van der Waals surface area (Å²) >= 11 is 0. The summed E-state index contributed by atoms with van der Waals surface area (Å²) in [6.07, 6.45) is -4.73. The van der Waals surface area contributed by atoms with E-state index in [2.05, 4.69) is 5.10 Å². The van der Waals surface area contributed by atoms with Gasteiger partial charge in [0.25, 0.3) is 0 Å². The number of aromatic nitrogens is 2. The molecule has 112 valence electrons. The van der Waals surface area contributed by atoms with Gasteiger partial charge in [0.2, 0.25) is 0 Å². The molecular formula is C14H13F3N2O2. The van der Waals surface area contributed by atoms with Gasteiger partial charge in [-0.1, -0.05) is 6.07 Å². The van der Waals surface area contributed by atoms with Crippen LogP contribution < -0.4 is 0 Å². The molecule has 0 fully saturated rings. The van der Waals surface area contributed by atoms with E-state index in [1.165, 1.54) is 6.07 Å². The van der Waals surface area contributed by atoms with Crippen LogP contribution in [0.5, 0.6) is 0 Å². The van der Waals surface area contributed by atoms with Crippen LogP contribution in [-0.4, -0.2) is 20.9 Å². The number of alkyl halides is 3. The number of benzene rings is 1. The number of carboxylic acids is 1. The third-order valence-corrected chi connectivity index (χ3v) is 3.35. The lowest BCUT2D eigenvalue weighted by atomic mass is 9.97. The largest absolute Gasteiger partial charge is 0.478 e. The Morgan fingerprint density at radius 2 is 1.90 bits per heavy atom. The number of hydrogen-bond acceptors (Lipinski definition) is 2. The van der Waals surface area contributed by atoms with Gasteiger partial charge < -0.3 is 5.11 Å². The second-order valence-corrected chi connectivity index (χ2v) is 4.73. The zero-order chi connectivity index (χ0) is 15.9. The van der Waals surface area contributed by atoms with E-state index in [-0.39, 0.29) is 0 Å². The molecule has 0 aliphatic carbocycles. The van der Waals surface area contributed by atoms with E-state index >= 15 is 0 Å². The zero-order valence-corrected chi connectivity index (χ0v) is 11.6. The van der Waals surface area contributed by atoms with E-state index in [1.807, 2.05) is 0 Å². The molecule has 0 atom stereocenters. The average Bonchev–Trinajstić information content (AvgIpc) is 2.61. The van der Waals surface area contributed by atoms with Crippen molar-refractivity contribution in [1.29, 1.82) is 0 Å². The maximum atomic E-state index is 13.0. The Balaban J connectivity index is 2.70. The minimum atomic E-state index is -4.73. The highest BCUT2D eigenvalue weighted by molar-refractivity contribution is 5.90. The summed E-state index contributed by atoms with van der Waals surface area (Å²) in [6.45, 7) is 3.44. The van der Waals surface area contributed by atoms with Gasteiger partial charge in [0.1, 0.15) is 0 Å². The van der Waals surface area contributed by atoms with Crippen molar-refractivity contribution in [2.45, 2.75) is 20.0 Å². The second kappa shape index (κ2) is 4.91. The lowest BCUT2D eigenvalue weighted by molar-refractivity contribution is -0.138. The van der Waals surface area contributed by atoms with Gasteiger partial charge in [-0.3, -0.25) is 4.68 Å². The molecule has 2 rings (SSSR count). The molecule has 0 amide bonds. The Kier molecular flexibility index (Phi) is 3.52. The van der Waals surface area contributed by atoms with E-state index < -0.39 is 23.3 Å². The molecule has 0 unspecified atom stereocenters. The van der Waals surface area contributed by atoms with Crippen LogP contribution in [0.1, 0.15) is 27.3 Å². The van der Waals surface area contributed by atoms with Crippen LogP contribution in [0, 0.1) is 13.8 Å². The summed E-state index contributed by atoms with van der Waals surface area (Å²) in [5.41, 5.74) is 0.269. The molecule has 1 aromatic heterocycles. The van der Waals surface area contributed by atoms with E-state index in [0.717, 1.165) is 12.1 Å². The highest BCUT2D eigenvalue weighted by atomic mass is 19.4. The molecule has 0 saturated carbocycles. The number of carboxylic acid groups (broad SMARTS) is 1. The summed E-state index contributed by atoms with van der Waals surface area (Å²) < 4.78 is 40.7. The Morgan fingerprint density at radius 3 is 2.33 bits per heavy atom. The van der Waals surface area contributed by atoms with E-state index in [4.69, 9.17) is 5.11 Å². The molecular weight excluding hydrogens is 285 g/mol. The summed E-state index contributed by atoms with van der Waals surface area (Å²) in [5.74, 6) is -1.60. The van der Waals surface area contributed by atoms with E-state index in [1.54, 1.807) is 25.6 Å². The summed E-state index contributed by atoms with van der Waals surface area (Å²) in [7, 11) is 1.70. The van der Waals surface area contributed by atoms with Crippen molar-refractivity contribution in [3.8, 4) is 11.1 Å². The van der Waals surface area contributed by atoms with Crippen LogP contribution in [0.15, 0.2) is 18.2 Å². The first-order chi connectivity index (χ1) is 9.62. The fraction of sp³-hybridized carbons (Fsp3) is 0.286. The van der Waals surface area contributed by atoms with Gasteiger partial charge in [-0.25, -0.2) is 4.79 Å². The third-order valence-electron chi connectivity index (χ3n) is 3.35. The van der Waals surface area contributed by atoms with Gasteiger partial charge in [0, 0.05) is 18.3 Å².